The molecule has 0 unspecified atom stereocenters. The molecule has 0 aromatic heterocycles. The molecule has 0 radical (unpaired) electrons. The van der Waals surface area contributed by atoms with E-state index in [0.717, 1.165) is 19.3 Å². The van der Waals surface area contributed by atoms with Crippen LogP contribution in [-0.2, 0) is 51.5 Å². The van der Waals surface area contributed by atoms with Crippen molar-refractivity contribution in [3.8, 4) is 0 Å². The Balaban J connectivity index is 0.000000171. The Hall–Kier alpha value is -3.29. The average Bonchev–Trinajstić information content (AvgIpc) is 4.36. The number of fused-ring (bicyclic) bond motifs is 3. The quantitative estimate of drug-likeness (QED) is 0.0749. The lowest BCUT2D eigenvalue weighted by Crippen LogP contribution is -2.68. The van der Waals surface area contributed by atoms with Gasteiger partial charge in [-0.05, 0) is 91.6 Å². The van der Waals surface area contributed by atoms with Crippen molar-refractivity contribution >= 4 is 37.4 Å². The van der Waals surface area contributed by atoms with Gasteiger partial charge in [-0.2, -0.15) is 0 Å². The molecule has 15 nitrogen and oxygen atoms in total. The second-order valence-corrected chi connectivity index (χ2v) is 35.1. The van der Waals surface area contributed by atoms with Gasteiger partial charge in [-0.25, -0.2) is 0 Å². The van der Waals surface area contributed by atoms with Crippen molar-refractivity contribution in [1.82, 2.24) is 0 Å². The topological polar surface area (TPSA) is 182 Å². The van der Waals surface area contributed by atoms with E-state index in [2.05, 4.69) is 152 Å². The van der Waals surface area contributed by atoms with Crippen molar-refractivity contribution in [3.63, 3.8) is 0 Å². The van der Waals surface area contributed by atoms with Crippen LogP contribution in [0.3, 0.4) is 0 Å². The Kier molecular flexibility index (Phi) is 19.6. The van der Waals surface area contributed by atoms with Crippen LogP contribution in [0.25, 0.3) is 0 Å². The molecule has 4 N–H and O–H groups in total. The zero-order valence-electron chi connectivity index (χ0n) is 51.4. The van der Waals surface area contributed by atoms with Crippen LogP contribution in [0.4, 0.5) is 0 Å². The molecule has 0 saturated carbocycles. The van der Waals surface area contributed by atoms with Gasteiger partial charge in [-0.1, -0.05) is 184 Å². The van der Waals surface area contributed by atoms with Gasteiger partial charge in [0.25, 0.3) is 16.6 Å². The first kappa shape index (κ1) is 64.7. The van der Waals surface area contributed by atoms with Gasteiger partial charge in [0.1, 0.15) is 35.1 Å². The highest BCUT2D eigenvalue weighted by Crippen LogP contribution is 2.51. The van der Waals surface area contributed by atoms with E-state index in [1.54, 1.807) is 0 Å². The lowest BCUT2D eigenvalue weighted by molar-refractivity contribution is -0.246. The summed E-state index contributed by atoms with van der Waals surface area (Å²) in [5, 5.41) is 44.6. The third kappa shape index (κ3) is 12.2. The smallest absolute Gasteiger partial charge is 0.261 e. The van der Waals surface area contributed by atoms with Gasteiger partial charge in [0, 0.05) is 17.8 Å². The molecule has 0 spiro atoms. The van der Waals surface area contributed by atoms with Gasteiger partial charge in [0.15, 0.2) is 36.2 Å². The first-order valence-corrected chi connectivity index (χ1v) is 33.5. The maximum atomic E-state index is 10.6. The average molecular weight is 1170 g/mol. The summed E-state index contributed by atoms with van der Waals surface area (Å²) in [7, 11) is -5.52. The Labute approximate surface area is 490 Å². The number of rotatable bonds is 17. The largest absolute Gasteiger partial charge is 0.404 e. The van der Waals surface area contributed by atoms with Gasteiger partial charge < -0.3 is 71.9 Å². The summed E-state index contributed by atoms with van der Waals surface area (Å²) >= 11 is 0. The number of ether oxygens (including phenoxy) is 9. The van der Waals surface area contributed by atoms with Gasteiger partial charge in [0.2, 0.25) is 0 Å². The first-order chi connectivity index (χ1) is 38.6. The summed E-state index contributed by atoms with van der Waals surface area (Å²) in [6.07, 6.45) is 0.219. The van der Waals surface area contributed by atoms with E-state index in [-0.39, 0.29) is 85.8 Å². The molecule has 10 rings (SSSR count). The summed E-state index contributed by atoms with van der Waals surface area (Å²) < 4.78 is 68.6. The van der Waals surface area contributed by atoms with E-state index in [1.807, 2.05) is 72.7 Å². The highest BCUT2D eigenvalue weighted by atomic mass is 28.4. The monoisotopic (exact) mass is 1170 g/mol. The summed E-state index contributed by atoms with van der Waals surface area (Å²) in [5.74, 6) is -2.15. The van der Waals surface area contributed by atoms with Crippen molar-refractivity contribution in [2.45, 2.75) is 205 Å². The molecule has 6 fully saturated rings. The molecule has 0 amide bonds. The minimum absolute atomic E-state index is 0.0347. The predicted octanol–water partition coefficient (Wildman–Crippen LogP) is 7.90. The first-order valence-electron chi connectivity index (χ1n) is 29.7. The molecule has 11 atom stereocenters. The minimum Gasteiger partial charge on any atom is -0.404 e. The van der Waals surface area contributed by atoms with Gasteiger partial charge in [0.05, 0.1) is 39.6 Å². The maximum absolute atomic E-state index is 10.6. The molecule has 4 aromatic carbocycles. The van der Waals surface area contributed by atoms with E-state index in [9.17, 15) is 20.4 Å². The number of aliphatic hydroxyl groups is 4. The Morgan fingerprint density at radius 2 is 0.598 bits per heavy atom. The highest BCUT2D eigenvalue weighted by Gasteiger charge is 2.65. The Morgan fingerprint density at radius 1 is 0.366 bits per heavy atom. The van der Waals surface area contributed by atoms with Crippen molar-refractivity contribution in [2.75, 3.05) is 39.6 Å². The van der Waals surface area contributed by atoms with E-state index < -0.39 is 69.7 Å². The van der Waals surface area contributed by atoms with Crippen molar-refractivity contribution in [1.29, 1.82) is 0 Å². The third-order valence-electron chi connectivity index (χ3n) is 17.8. The van der Waals surface area contributed by atoms with E-state index in [0.29, 0.717) is 0 Å². The molecule has 6 aliphatic rings. The fourth-order valence-corrected chi connectivity index (χ4v) is 23.3. The SMILES string of the molecule is CC[C@H]1[C@H]2OC(C)(C)O[C@H]2OC1(CO)CO.CC[C@H]1[C@H]2OC(C)(C)O[C@H]2O[C@@]1(CO)CO[Si](c1ccccc1)(c1ccccc1)C(C)(C)C.CC[C@H]1[C@H]2OC(C)(C)O[C@H]2O[C@]1(CO)CO[Si](c1ccccc1)(c1ccccc1)C(C)(C)C. The number of benzene rings is 4. The molecule has 0 aliphatic carbocycles. The van der Waals surface area contributed by atoms with Crippen LogP contribution in [0.2, 0.25) is 10.1 Å². The van der Waals surface area contributed by atoms with Gasteiger partial charge in [-0.15, -0.1) is 0 Å². The second-order valence-electron chi connectivity index (χ2n) is 26.5. The van der Waals surface area contributed by atoms with Crippen molar-refractivity contribution in [2.24, 2.45) is 17.8 Å². The van der Waals surface area contributed by atoms with Gasteiger partial charge in [-0.3, -0.25) is 0 Å². The summed E-state index contributed by atoms with van der Waals surface area (Å²) in [6.45, 7) is 30.8. The molecule has 4 aromatic rings. The summed E-state index contributed by atoms with van der Waals surface area (Å²) in [4.78, 5) is 0. The molecular weight excluding hydrogens is 1080 g/mol. The fourth-order valence-electron chi connectivity index (χ4n) is 14.1. The Morgan fingerprint density at radius 3 is 0.817 bits per heavy atom. The van der Waals surface area contributed by atoms with Crippen LogP contribution < -0.4 is 20.7 Å². The highest BCUT2D eigenvalue weighted by molar-refractivity contribution is 7.00. The number of aliphatic hydroxyl groups excluding tert-OH is 4. The molecule has 454 valence electrons. The fraction of sp³-hybridized carbons (Fsp3) is 0.631. The molecule has 0 bridgehead atoms. The Bertz CT molecular complexity index is 2410. The summed E-state index contributed by atoms with van der Waals surface area (Å²) in [6, 6.07) is 42.1. The number of hydrogen-bond donors (Lipinski definition) is 4. The van der Waals surface area contributed by atoms with E-state index in [1.165, 1.54) is 20.7 Å². The van der Waals surface area contributed by atoms with Crippen molar-refractivity contribution < 1.29 is 71.9 Å². The molecule has 17 heteroatoms. The minimum atomic E-state index is -2.76. The second kappa shape index (κ2) is 24.8. The standard InChI is InChI=1S/2C27H38O5Si.C11H20O5/c2*1-7-22-23-24(31-26(5,6)30-23)32-27(22,18-28)19-29-33(25(2,3)4,20-14-10-8-11-15-20)21-16-12-9-13-17-21;1-4-7-8-9(15-10(2,3)14-8)16-11(7,5-12)6-13/h2*8-17,22-24,28H,7,18-19H2,1-6H3;7-9,12-13H,4-6H2,1-3H3/t22-,23+,24-,27+;22-,23+,24-,27-;7-,8+,9-/m000/s1. The molecular formula is C65H96O15Si2. The zero-order chi connectivity index (χ0) is 59.8. The van der Waals surface area contributed by atoms with Gasteiger partial charge >= 0.3 is 0 Å². The lowest BCUT2D eigenvalue weighted by Gasteiger charge is -2.45. The van der Waals surface area contributed by atoms with Crippen molar-refractivity contribution in [3.05, 3.63) is 121 Å². The maximum Gasteiger partial charge on any atom is 0.261 e. The molecule has 6 saturated heterocycles. The molecule has 6 aliphatic heterocycles. The van der Waals surface area contributed by atoms with Crippen LogP contribution >= 0.6 is 0 Å². The van der Waals surface area contributed by atoms with Crippen LogP contribution in [-0.4, -0.2) is 148 Å². The normalized spacial score (nSPS) is 31.3. The third-order valence-corrected chi connectivity index (χ3v) is 27.8. The molecule has 6 heterocycles. The van der Waals surface area contributed by atoms with E-state index >= 15 is 0 Å². The van der Waals surface area contributed by atoms with Crippen LogP contribution in [0.1, 0.15) is 123 Å². The van der Waals surface area contributed by atoms with Crippen LogP contribution in [0.15, 0.2) is 121 Å². The van der Waals surface area contributed by atoms with E-state index in [4.69, 9.17) is 51.5 Å². The zero-order valence-corrected chi connectivity index (χ0v) is 53.4. The number of hydrogen-bond acceptors (Lipinski definition) is 15. The lowest BCUT2D eigenvalue weighted by atomic mass is 9.84. The molecule has 82 heavy (non-hydrogen) atoms. The van der Waals surface area contributed by atoms with Crippen LogP contribution in [0.5, 0.6) is 0 Å². The summed E-state index contributed by atoms with van der Waals surface area (Å²) in [5.41, 5.74) is -2.69. The predicted molar refractivity (Wildman–Crippen MR) is 320 cm³/mol. The van der Waals surface area contributed by atoms with Crippen LogP contribution in [0, 0.1) is 17.8 Å².